The Kier molecular flexibility index (Phi) is 6.59. The number of hydrogen-bond donors (Lipinski definition) is 0. The van der Waals surface area contributed by atoms with Crippen molar-refractivity contribution in [3.63, 3.8) is 0 Å². The third-order valence-electron chi connectivity index (χ3n) is 3.89. The Bertz CT molecular complexity index is 484. The van der Waals surface area contributed by atoms with Crippen LogP contribution in [0.4, 0.5) is 0 Å². The molecule has 2 aromatic rings. The number of ether oxygens (including phenoxy) is 2. The van der Waals surface area contributed by atoms with Crippen LogP contribution >= 0.6 is 0 Å². The first kappa shape index (κ1) is 16.7. The van der Waals surface area contributed by atoms with Crippen molar-refractivity contribution < 1.29 is 9.47 Å². The molecule has 0 N–H and O–H groups in total. The number of benzene rings is 2. The van der Waals surface area contributed by atoms with Gasteiger partial charge in [-0.15, -0.1) is 0 Å². The topological polar surface area (TPSA) is 21.7 Å². The van der Waals surface area contributed by atoms with Gasteiger partial charge in [-0.05, 0) is 18.1 Å². The molecule has 0 saturated heterocycles. The smallest absolute Gasteiger partial charge is 0.171 e. The first-order chi connectivity index (χ1) is 10.7. The van der Waals surface area contributed by atoms with Crippen molar-refractivity contribution in [1.82, 2.24) is 4.90 Å². The zero-order valence-corrected chi connectivity index (χ0v) is 13.6. The fraction of sp³-hybridized carbons (Fsp3) is 0.368. The highest BCUT2D eigenvalue weighted by atomic mass is 16.7. The Morgan fingerprint density at radius 2 is 1.18 bits per heavy atom. The lowest BCUT2D eigenvalue weighted by molar-refractivity contribution is -0.145. The highest BCUT2D eigenvalue weighted by molar-refractivity contribution is 5.17. The van der Waals surface area contributed by atoms with Crippen LogP contribution in [0.3, 0.4) is 0 Å². The van der Waals surface area contributed by atoms with Gasteiger partial charge < -0.3 is 9.47 Å². The van der Waals surface area contributed by atoms with Crippen LogP contribution < -0.4 is 0 Å². The van der Waals surface area contributed by atoms with E-state index in [1.165, 1.54) is 11.1 Å². The summed E-state index contributed by atoms with van der Waals surface area (Å²) >= 11 is 0. The van der Waals surface area contributed by atoms with Crippen LogP contribution in [-0.4, -0.2) is 31.5 Å². The fourth-order valence-electron chi connectivity index (χ4n) is 2.64. The van der Waals surface area contributed by atoms with E-state index in [0.29, 0.717) is 0 Å². The maximum absolute atomic E-state index is 5.45. The number of methoxy groups -OCH3 is 2. The van der Waals surface area contributed by atoms with E-state index in [-0.39, 0.29) is 12.3 Å². The average molecular weight is 299 g/mol. The lowest BCUT2D eigenvalue weighted by Crippen LogP contribution is -2.42. The van der Waals surface area contributed by atoms with Gasteiger partial charge >= 0.3 is 0 Å². The number of nitrogens with zero attached hydrogens (tertiary/aromatic N) is 1. The van der Waals surface area contributed by atoms with Crippen molar-refractivity contribution in [2.24, 2.45) is 0 Å². The zero-order valence-electron chi connectivity index (χ0n) is 13.6. The van der Waals surface area contributed by atoms with Crippen molar-refractivity contribution in [1.29, 1.82) is 0 Å². The first-order valence-electron chi connectivity index (χ1n) is 7.62. The molecule has 1 atom stereocenters. The van der Waals surface area contributed by atoms with Crippen LogP contribution in [0.2, 0.25) is 0 Å². The van der Waals surface area contributed by atoms with Gasteiger partial charge in [-0.25, -0.2) is 0 Å². The maximum Gasteiger partial charge on any atom is 0.171 e. The molecular formula is C19H25NO2. The van der Waals surface area contributed by atoms with Crippen LogP contribution in [0, 0.1) is 0 Å². The monoisotopic (exact) mass is 299 g/mol. The summed E-state index contributed by atoms with van der Waals surface area (Å²) in [6.45, 7) is 3.86. The van der Waals surface area contributed by atoms with Crippen LogP contribution in [0.1, 0.15) is 18.1 Å². The molecule has 0 radical (unpaired) electrons. The Labute approximate surface area is 133 Å². The Balaban J connectivity index is 2.16. The minimum Gasteiger partial charge on any atom is -0.354 e. The van der Waals surface area contributed by atoms with Gasteiger partial charge in [0, 0.05) is 27.3 Å². The summed E-state index contributed by atoms with van der Waals surface area (Å²) in [5.74, 6) is 0. The predicted octanol–water partition coefficient (Wildman–Crippen LogP) is 3.70. The van der Waals surface area contributed by atoms with Crippen LogP contribution in [0.5, 0.6) is 0 Å². The van der Waals surface area contributed by atoms with E-state index in [1.807, 2.05) is 12.1 Å². The summed E-state index contributed by atoms with van der Waals surface area (Å²) in [6, 6.07) is 21.1. The minimum absolute atomic E-state index is 0.149. The molecule has 118 valence electrons. The molecule has 0 saturated carbocycles. The molecule has 3 nitrogen and oxygen atoms in total. The second kappa shape index (κ2) is 8.69. The molecule has 0 heterocycles. The highest BCUT2D eigenvalue weighted by Gasteiger charge is 2.23. The average Bonchev–Trinajstić information content (AvgIpc) is 2.57. The van der Waals surface area contributed by atoms with Gasteiger partial charge in [0.15, 0.2) is 6.29 Å². The molecule has 1 unspecified atom stereocenters. The van der Waals surface area contributed by atoms with Crippen molar-refractivity contribution in [2.75, 3.05) is 14.2 Å². The lowest BCUT2D eigenvalue weighted by atomic mass is 10.1. The summed E-state index contributed by atoms with van der Waals surface area (Å²) in [5, 5.41) is 0. The predicted molar refractivity (Wildman–Crippen MR) is 89.4 cm³/mol. The van der Waals surface area contributed by atoms with Gasteiger partial charge in [-0.2, -0.15) is 0 Å². The minimum atomic E-state index is -0.243. The first-order valence-corrected chi connectivity index (χ1v) is 7.62. The van der Waals surface area contributed by atoms with Crippen molar-refractivity contribution in [3.05, 3.63) is 71.8 Å². The number of hydrogen-bond acceptors (Lipinski definition) is 3. The lowest BCUT2D eigenvalue weighted by Gasteiger charge is -2.33. The van der Waals surface area contributed by atoms with Gasteiger partial charge in [-0.3, -0.25) is 4.90 Å². The van der Waals surface area contributed by atoms with Crippen LogP contribution in [0.25, 0.3) is 0 Å². The maximum atomic E-state index is 5.45. The van der Waals surface area contributed by atoms with Gasteiger partial charge in [-0.1, -0.05) is 60.7 Å². The standard InChI is InChI=1S/C19H25NO2/c1-16(19(21-2)22-3)20(14-17-10-6-4-7-11-17)15-18-12-8-5-9-13-18/h4-13,16,19H,14-15H2,1-3H3. The molecule has 0 bridgehead atoms. The van der Waals surface area contributed by atoms with E-state index in [0.717, 1.165) is 13.1 Å². The van der Waals surface area contributed by atoms with Crippen molar-refractivity contribution >= 4 is 0 Å². The van der Waals surface area contributed by atoms with E-state index in [9.17, 15) is 0 Å². The van der Waals surface area contributed by atoms with Gasteiger partial charge in [0.1, 0.15) is 0 Å². The summed E-state index contributed by atoms with van der Waals surface area (Å²) < 4.78 is 10.9. The second-order valence-corrected chi connectivity index (χ2v) is 5.46. The van der Waals surface area contributed by atoms with Gasteiger partial charge in [0.2, 0.25) is 0 Å². The van der Waals surface area contributed by atoms with Crippen LogP contribution in [0.15, 0.2) is 60.7 Å². The van der Waals surface area contributed by atoms with E-state index in [1.54, 1.807) is 14.2 Å². The SMILES string of the molecule is COC(OC)C(C)N(Cc1ccccc1)Cc1ccccc1. The van der Waals surface area contributed by atoms with E-state index >= 15 is 0 Å². The van der Waals surface area contributed by atoms with Crippen molar-refractivity contribution in [2.45, 2.75) is 32.3 Å². The zero-order chi connectivity index (χ0) is 15.8. The second-order valence-electron chi connectivity index (χ2n) is 5.46. The summed E-state index contributed by atoms with van der Waals surface area (Å²) in [4.78, 5) is 2.38. The third kappa shape index (κ3) is 4.67. The van der Waals surface area contributed by atoms with E-state index < -0.39 is 0 Å². The normalized spacial score (nSPS) is 12.8. The molecule has 0 amide bonds. The fourth-order valence-corrected chi connectivity index (χ4v) is 2.64. The van der Waals surface area contributed by atoms with Gasteiger partial charge in [0.25, 0.3) is 0 Å². The van der Waals surface area contributed by atoms with Gasteiger partial charge in [0.05, 0.1) is 6.04 Å². The molecular weight excluding hydrogens is 274 g/mol. The highest BCUT2D eigenvalue weighted by Crippen LogP contribution is 2.17. The van der Waals surface area contributed by atoms with E-state index in [4.69, 9.17) is 9.47 Å². The molecule has 0 fully saturated rings. The molecule has 0 aliphatic heterocycles. The molecule has 3 heteroatoms. The third-order valence-corrected chi connectivity index (χ3v) is 3.89. The van der Waals surface area contributed by atoms with Crippen LogP contribution in [-0.2, 0) is 22.6 Å². The summed E-state index contributed by atoms with van der Waals surface area (Å²) in [6.07, 6.45) is -0.243. The molecule has 0 spiro atoms. The molecule has 2 aromatic carbocycles. The van der Waals surface area contributed by atoms with E-state index in [2.05, 4.69) is 60.4 Å². The Morgan fingerprint density at radius 1 is 0.773 bits per heavy atom. The molecule has 22 heavy (non-hydrogen) atoms. The van der Waals surface area contributed by atoms with Crippen molar-refractivity contribution in [3.8, 4) is 0 Å². The summed E-state index contributed by atoms with van der Waals surface area (Å²) in [5.41, 5.74) is 2.58. The Hall–Kier alpha value is -1.68. The summed E-state index contributed by atoms with van der Waals surface area (Å²) in [7, 11) is 3.38. The molecule has 0 aromatic heterocycles. The molecule has 2 rings (SSSR count). The molecule has 0 aliphatic rings. The molecule has 0 aliphatic carbocycles. The quantitative estimate of drug-likeness (QED) is 0.694. The largest absolute Gasteiger partial charge is 0.354 e. The Morgan fingerprint density at radius 3 is 1.55 bits per heavy atom. The number of rotatable bonds is 8.